The summed E-state index contributed by atoms with van der Waals surface area (Å²) >= 11 is 10.7. The van der Waals surface area contributed by atoms with Crippen molar-refractivity contribution in [2.45, 2.75) is 18.0 Å². The van der Waals surface area contributed by atoms with E-state index in [0.29, 0.717) is 33.7 Å². The predicted octanol–water partition coefficient (Wildman–Crippen LogP) is 4.78. The Labute approximate surface area is 186 Å². The van der Waals surface area contributed by atoms with Gasteiger partial charge in [-0.05, 0) is 24.3 Å². The van der Waals surface area contributed by atoms with Crippen LogP contribution in [-0.4, -0.2) is 32.2 Å². The van der Waals surface area contributed by atoms with Gasteiger partial charge in [0.25, 0.3) is 0 Å². The summed E-state index contributed by atoms with van der Waals surface area (Å²) < 4.78 is 2.74. The lowest BCUT2D eigenvalue weighted by Gasteiger charge is -2.07. The molecule has 1 heterocycles. The molecule has 0 atom stereocenters. The van der Waals surface area contributed by atoms with Crippen molar-refractivity contribution in [2.24, 2.45) is 7.05 Å². The van der Waals surface area contributed by atoms with E-state index >= 15 is 0 Å². The molecular weight excluding hydrogens is 476 g/mol. The highest BCUT2D eigenvalue weighted by atomic mass is 79.9. The van der Waals surface area contributed by atoms with Gasteiger partial charge in [-0.25, -0.2) is 0 Å². The number of thioether (sulfide) groups is 1. The Bertz CT molecular complexity index is 1020. The fraction of sp³-hybridized carbons (Fsp3) is 0.200. The zero-order valence-corrected chi connectivity index (χ0v) is 18.7. The van der Waals surface area contributed by atoms with Crippen LogP contribution < -0.4 is 5.32 Å². The molecular formula is C20H18BrClN4O2S. The maximum atomic E-state index is 12.3. The molecule has 29 heavy (non-hydrogen) atoms. The predicted molar refractivity (Wildman–Crippen MR) is 119 cm³/mol. The summed E-state index contributed by atoms with van der Waals surface area (Å²) in [7, 11) is 1.83. The van der Waals surface area contributed by atoms with E-state index < -0.39 is 0 Å². The van der Waals surface area contributed by atoms with E-state index in [1.165, 1.54) is 11.8 Å². The number of para-hydroxylation sites is 1. The standard InChI is InChI=1S/C20H18BrClN4O2S/c1-26-18(10-11-19(28)23-16-5-3-2-4-15(16)22)24-25-20(26)29-12-17(27)13-6-8-14(21)9-7-13/h2-9H,10-12H2,1H3,(H,23,28). The number of nitrogens with one attached hydrogen (secondary N) is 1. The Morgan fingerprint density at radius 2 is 1.86 bits per heavy atom. The van der Waals surface area contributed by atoms with Crippen molar-refractivity contribution >= 4 is 56.7 Å². The summed E-state index contributed by atoms with van der Waals surface area (Å²) in [6.45, 7) is 0. The van der Waals surface area contributed by atoms with E-state index in [0.717, 1.165) is 4.47 Å². The van der Waals surface area contributed by atoms with E-state index in [2.05, 4.69) is 31.4 Å². The number of carbonyl (C=O) groups is 2. The van der Waals surface area contributed by atoms with Crippen molar-refractivity contribution in [2.75, 3.05) is 11.1 Å². The lowest BCUT2D eigenvalue weighted by Crippen LogP contribution is -2.14. The SMILES string of the molecule is Cn1c(CCC(=O)Nc2ccccc2Cl)nnc1SCC(=O)c1ccc(Br)cc1. The Morgan fingerprint density at radius 1 is 1.14 bits per heavy atom. The normalized spacial score (nSPS) is 10.7. The fourth-order valence-corrected chi connectivity index (χ4v) is 3.81. The number of nitrogens with zero attached hydrogens (tertiary/aromatic N) is 3. The minimum atomic E-state index is -0.152. The monoisotopic (exact) mass is 492 g/mol. The lowest BCUT2D eigenvalue weighted by molar-refractivity contribution is -0.116. The number of benzene rings is 2. The van der Waals surface area contributed by atoms with E-state index in [4.69, 9.17) is 11.6 Å². The zero-order chi connectivity index (χ0) is 20.8. The summed E-state index contributed by atoms with van der Waals surface area (Å²) in [6.07, 6.45) is 0.681. The van der Waals surface area contributed by atoms with Gasteiger partial charge in [-0.2, -0.15) is 0 Å². The van der Waals surface area contributed by atoms with Gasteiger partial charge in [0.2, 0.25) is 5.91 Å². The van der Waals surface area contributed by atoms with Crippen LogP contribution in [0.2, 0.25) is 5.02 Å². The first-order chi connectivity index (χ1) is 13.9. The molecule has 3 rings (SSSR count). The summed E-state index contributed by atoms with van der Waals surface area (Å²) in [6, 6.07) is 14.3. The first-order valence-corrected chi connectivity index (χ1v) is 10.9. The molecule has 0 saturated heterocycles. The fourth-order valence-electron chi connectivity index (χ4n) is 2.54. The van der Waals surface area contributed by atoms with Crippen molar-refractivity contribution in [1.29, 1.82) is 0 Å². The maximum Gasteiger partial charge on any atom is 0.224 e. The summed E-state index contributed by atoms with van der Waals surface area (Å²) in [5.41, 5.74) is 1.24. The quantitative estimate of drug-likeness (QED) is 0.361. The Morgan fingerprint density at radius 3 is 2.59 bits per heavy atom. The smallest absolute Gasteiger partial charge is 0.224 e. The average Bonchev–Trinajstić information content (AvgIpc) is 3.06. The first-order valence-electron chi connectivity index (χ1n) is 8.78. The van der Waals surface area contributed by atoms with Crippen LogP contribution in [0.3, 0.4) is 0 Å². The van der Waals surface area contributed by atoms with Crippen molar-refractivity contribution in [1.82, 2.24) is 14.8 Å². The maximum absolute atomic E-state index is 12.3. The second-order valence-electron chi connectivity index (χ2n) is 6.20. The highest BCUT2D eigenvalue weighted by molar-refractivity contribution is 9.10. The third-order valence-electron chi connectivity index (χ3n) is 4.15. The van der Waals surface area contributed by atoms with Gasteiger partial charge >= 0.3 is 0 Å². The molecule has 3 aromatic rings. The van der Waals surface area contributed by atoms with E-state index in [1.54, 1.807) is 30.3 Å². The van der Waals surface area contributed by atoms with Gasteiger partial charge in [0.1, 0.15) is 5.82 Å². The van der Waals surface area contributed by atoms with Crippen LogP contribution in [-0.2, 0) is 18.3 Å². The molecule has 9 heteroatoms. The van der Waals surface area contributed by atoms with Crippen LogP contribution in [0.15, 0.2) is 58.2 Å². The van der Waals surface area contributed by atoms with Crippen molar-refractivity contribution in [3.05, 3.63) is 69.4 Å². The number of Topliss-reactive ketones (excluding diaryl/α,β-unsaturated/α-hetero) is 1. The van der Waals surface area contributed by atoms with Gasteiger partial charge < -0.3 is 9.88 Å². The van der Waals surface area contributed by atoms with Gasteiger partial charge in [-0.3, -0.25) is 9.59 Å². The lowest BCUT2D eigenvalue weighted by atomic mass is 10.2. The molecule has 2 aromatic carbocycles. The minimum absolute atomic E-state index is 0.0196. The zero-order valence-electron chi connectivity index (χ0n) is 15.6. The number of halogens is 2. The summed E-state index contributed by atoms with van der Waals surface area (Å²) in [5, 5.41) is 12.2. The van der Waals surface area contributed by atoms with Crippen LogP contribution in [0.5, 0.6) is 0 Å². The van der Waals surface area contributed by atoms with Gasteiger partial charge in [-0.15, -0.1) is 10.2 Å². The molecule has 0 fully saturated rings. The van der Waals surface area contributed by atoms with Gasteiger partial charge in [0, 0.05) is 29.9 Å². The number of hydrogen-bond acceptors (Lipinski definition) is 5. The highest BCUT2D eigenvalue weighted by Gasteiger charge is 2.14. The molecule has 0 bridgehead atoms. The second kappa shape index (κ2) is 10.0. The number of hydrogen-bond donors (Lipinski definition) is 1. The third-order valence-corrected chi connectivity index (χ3v) is 6.03. The molecule has 1 N–H and O–H groups in total. The number of aryl methyl sites for hydroxylation is 1. The first kappa shape index (κ1) is 21.5. The minimum Gasteiger partial charge on any atom is -0.325 e. The highest BCUT2D eigenvalue weighted by Crippen LogP contribution is 2.21. The van der Waals surface area contributed by atoms with Crippen molar-refractivity contribution in [3.63, 3.8) is 0 Å². The van der Waals surface area contributed by atoms with Crippen molar-refractivity contribution in [3.8, 4) is 0 Å². The summed E-state index contributed by atoms with van der Waals surface area (Å²) in [5.74, 6) is 0.811. The largest absolute Gasteiger partial charge is 0.325 e. The van der Waals surface area contributed by atoms with E-state index in [9.17, 15) is 9.59 Å². The van der Waals surface area contributed by atoms with Crippen LogP contribution in [0, 0.1) is 0 Å². The molecule has 0 aliphatic heterocycles. The third kappa shape index (κ3) is 5.91. The number of amides is 1. The molecule has 0 saturated carbocycles. The van der Waals surface area contributed by atoms with Gasteiger partial charge in [0.15, 0.2) is 10.9 Å². The molecule has 0 aliphatic rings. The van der Waals surface area contributed by atoms with E-state index in [-0.39, 0.29) is 23.9 Å². The number of rotatable bonds is 8. The van der Waals surface area contributed by atoms with Crippen LogP contribution in [0.4, 0.5) is 5.69 Å². The van der Waals surface area contributed by atoms with Crippen LogP contribution in [0.25, 0.3) is 0 Å². The number of carbonyl (C=O) groups excluding carboxylic acids is 2. The second-order valence-corrected chi connectivity index (χ2v) is 8.47. The van der Waals surface area contributed by atoms with Crippen LogP contribution >= 0.6 is 39.3 Å². The average molecular weight is 494 g/mol. The Kier molecular flexibility index (Phi) is 7.46. The Hall–Kier alpha value is -2.16. The molecule has 0 unspecified atom stereocenters. The molecule has 0 radical (unpaired) electrons. The van der Waals surface area contributed by atoms with Gasteiger partial charge in [0.05, 0.1) is 16.5 Å². The molecule has 1 amide bonds. The number of anilines is 1. The van der Waals surface area contributed by atoms with Crippen molar-refractivity contribution < 1.29 is 9.59 Å². The molecule has 0 spiro atoms. The molecule has 0 aliphatic carbocycles. The molecule has 150 valence electrons. The van der Waals surface area contributed by atoms with Gasteiger partial charge in [-0.1, -0.05) is 63.6 Å². The topological polar surface area (TPSA) is 76.9 Å². The number of aromatic nitrogens is 3. The summed E-state index contributed by atoms with van der Waals surface area (Å²) in [4.78, 5) is 24.5. The molecule has 6 nitrogen and oxygen atoms in total. The molecule has 1 aromatic heterocycles. The Balaban J connectivity index is 1.52. The van der Waals surface area contributed by atoms with Crippen LogP contribution in [0.1, 0.15) is 22.6 Å². The number of ketones is 1. The van der Waals surface area contributed by atoms with E-state index in [1.807, 2.05) is 29.8 Å².